The van der Waals surface area contributed by atoms with E-state index in [1.165, 1.54) is 28.8 Å². The van der Waals surface area contributed by atoms with Crippen LogP contribution in [0.25, 0.3) is 16.6 Å². The van der Waals surface area contributed by atoms with Gasteiger partial charge in [0, 0.05) is 59.5 Å². The lowest BCUT2D eigenvalue weighted by molar-refractivity contribution is 0.251. The lowest BCUT2D eigenvalue weighted by atomic mass is 9.89. The number of anilines is 1. The molecule has 0 saturated heterocycles. The van der Waals surface area contributed by atoms with Crippen molar-refractivity contribution in [3.63, 3.8) is 0 Å². The second kappa shape index (κ2) is 9.29. The van der Waals surface area contributed by atoms with E-state index in [9.17, 15) is 17.6 Å². The zero-order valence-corrected chi connectivity index (χ0v) is 20.7. The van der Waals surface area contributed by atoms with Gasteiger partial charge in [0.25, 0.3) is 0 Å². The molecule has 2 atom stereocenters. The van der Waals surface area contributed by atoms with E-state index in [-0.39, 0.29) is 17.7 Å². The summed E-state index contributed by atoms with van der Waals surface area (Å²) in [6, 6.07) is 11.5. The summed E-state index contributed by atoms with van der Waals surface area (Å²) in [4.78, 5) is 14.0. The Kier molecular flexibility index (Phi) is 6.33. The van der Waals surface area contributed by atoms with Crippen molar-refractivity contribution in [2.45, 2.75) is 18.8 Å². The Morgan fingerprint density at radius 3 is 2.77 bits per heavy atom. The van der Waals surface area contributed by atoms with Crippen molar-refractivity contribution < 1.29 is 17.6 Å². The molecule has 1 aromatic heterocycles. The van der Waals surface area contributed by atoms with Gasteiger partial charge in [0.05, 0.1) is 11.8 Å². The van der Waals surface area contributed by atoms with Gasteiger partial charge in [-0.1, -0.05) is 23.7 Å². The average Bonchev–Trinajstić information content (AvgIpc) is 3.37. The second-order valence-corrected chi connectivity index (χ2v) is 11.3. The molecule has 2 amide bonds. The van der Waals surface area contributed by atoms with E-state index < -0.39 is 16.1 Å². The molecular weight excluding hydrogens is 491 g/mol. The third-order valence-corrected chi connectivity index (χ3v) is 7.48. The minimum Gasteiger partial charge on any atom is -0.320 e. The zero-order valence-electron chi connectivity index (χ0n) is 19.2. The van der Waals surface area contributed by atoms with Gasteiger partial charge in [0.15, 0.2) is 0 Å². The Morgan fingerprint density at radius 1 is 1.17 bits per heavy atom. The molecule has 35 heavy (non-hydrogen) atoms. The number of carbonyl (C=O) groups excluding carboxylic acids is 1. The summed E-state index contributed by atoms with van der Waals surface area (Å²) in [5.74, 6) is -0.283. The fourth-order valence-electron chi connectivity index (χ4n) is 5.15. The molecule has 0 bridgehead atoms. The number of rotatable bonds is 5. The highest BCUT2D eigenvalue weighted by molar-refractivity contribution is 7.89. The molecule has 5 rings (SSSR count). The van der Waals surface area contributed by atoms with E-state index in [0.717, 1.165) is 42.2 Å². The van der Waals surface area contributed by atoms with E-state index >= 15 is 0 Å². The maximum Gasteiger partial charge on any atom is 0.335 e. The Morgan fingerprint density at radius 2 is 1.97 bits per heavy atom. The summed E-state index contributed by atoms with van der Waals surface area (Å²) >= 11 is 6.26. The van der Waals surface area contributed by atoms with Crippen LogP contribution in [0.2, 0.25) is 5.02 Å². The molecule has 0 radical (unpaired) electrons. The van der Waals surface area contributed by atoms with Gasteiger partial charge in [-0.15, -0.1) is 0 Å². The van der Waals surface area contributed by atoms with Crippen molar-refractivity contribution in [3.05, 3.63) is 71.1 Å². The maximum absolute atomic E-state index is 14.1. The predicted octanol–water partition coefficient (Wildman–Crippen LogP) is 4.55. The molecule has 0 spiro atoms. The Hall–Kier alpha value is -2.88. The van der Waals surface area contributed by atoms with Gasteiger partial charge in [-0.25, -0.2) is 22.3 Å². The van der Waals surface area contributed by atoms with Crippen LogP contribution in [-0.4, -0.2) is 44.9 Å². The SMILES string of the molecule is CS(=O)(=O)NC(=O)N1CC(CCC2CNCC=C2n2ccc3ccc(Cl)cc32)c2cc(F)ccc21. The van der Waals surface area contributed by atoms with Gasteiger partial charge in [-0.05, 0) is 54.8 Å². The fraction of sp³-hybridized carbons (Fsp3) is 0.320. The number of sulfonamides is 1. The first-order valence-electron chi connectivity index (χ1n) is 11.5. The lowest BCUT2D eigenvalue weighted by Crippen LogP contribution is -2.42. The van der Waals surface area contributed by atoms with Gasteiger partial charge in [-0.2, -0.15) is 0 Å². The normalized spacial score (nSPS) is 20.1. The van der Waals surface area contributed by atoms with Gasteiger partial charge in [0.1, 0.15) is 5.82 Å². The summed E-state index contributed by atoms with van der Waals surface area (Å²) in [7, 11) is -3.72. The van der Waals surface area contributed by atoms with Gasteiger partial charge >= 0.3 is 6.03 Å². The van der Waals surface area contributed by atoms with E-state index in [1.807, 2.05) is 22.9 Å². The Bertz CT molecular complexity index is 1440. The van der Waals surface area contributed by atoms with Crippen LogP contribution >= 0.6 is 11.6 Å². The number of hydrogen-bond acceptors (Lipinski definition) is 4. The number of fused-ring (bicyclic) bond motifs is 2. The van der Waals surface area contributed by atoms with Crippen molar-refractivity contribution in [2.24, 2.45) is 5.92 Å². The summed E-state index contributed by atoms with van der Waals surface area (Å²) in [6.45, 7) is 1.86. The first kappa shape index (κ1) is 23.8. The second-order valence-electron chi connectivity index (χ2n) is 9.14. The van der Waals surface area contributed by atoms with E-state index in [4.69, 9.17) is 11.6 Å². The summed E-state index contributed by atoms with van der Waals surface area (Å²) < 4.78 is 41.5. The smallest absolute Gasteiger partial charge is 0.320 e. The largest absolute Gasteiger partial charge is 0.335 e. The third-order valence-electron chi connectivity index (χ3n) is 6.70. The lowest BCUT2D eigenvalue weighted by Gasteiger charge is -2.27. The summed E-state index contributed by atoms with van der Waals surface area (Å²) in [5.41, 5.74) is 3.50. The molecular formula is C25H26ClFN4O3S. The number of carbonyl (C=O) groups is 1. The topological polar surface area (TPSA) is 83.4 Å². The Labute approximate surface area is 208 Å². The van der Waals surface area contributed by atoms with Crippen molar-refractivity contribution >= 4 is 49.9 Å². The van der Waals surface area contributed by atoms with Crippen molar-refractivity contribution in [3.8, 4) is 0 Å². The maximum atomic E-state index is 14.1. The third kappa shape index (κ3) is 4.94. The van der Waals surface area contributed by atoms with E-state index in [1.54, 1.807) is 0 Å². The van der Waals surface area contributed by atoms with Crippen LogP contribution < -0.4 is 14.9 Å². The minimum absolute atomic E-state index is 0.106. The van der Waals surface area contributed by atoms with Crippen molar-refractivity contribution in [1.82, 2.24) is 14.6 Å². The Balaban J connectivity index is 1.38. The number of benzene rings is 2. The molecule has 2 aromatic carbocycles. The van der Waals surface area contributed by atoms with Crippen LogP contribution in [0.4, 0.5) is 14.9 Å². The number of hydrogen-bond donors (Lipinski definition) is 2. The van der Waals surface area contributed by atoms with Gasteiger partial charge in [0.2, 0.25) is 10.0 Å². The number of aromatic nitrogens is 1. The highest BCUT2D eigenvalue weighted by Gasteiger charge is 2.34. The quantitative estimate of drug-likeness (QED) is 0.521. The van der Waals surface area contributed by atoms with Gasteiger partial charge < -0.3 is 9.88 Å². The fourth-order valence-corrected chi connectivity index (χ4v) is 5.74. The first-order chi connectivity index (χ1) is 16.7. The van der Waals surface area contributed by atoms with E-state index in [2.05, 4.69) is 28.2 Å². The monoisotopic (exact) mass is 516 g/mol. The highest BCUT2D eigenvalue weighted by Crippen LogP contribution is 2.41. The molecule has 184 valence electrons. The molecule has 10 heteroatoms. The molecule has 7 nitrogen and oxygen atoms in total. The van der Waals surface area contributed by atoms with Crippen LogP contribution in [0.5, 0.6) is 0 Å². The minimum atomic E-state index is -3.72. The molecule has 0 saturated carbocycles. The number of nitrogens with one attached hydrogen (secondary N) is 2. The van der Waals surface area contributed by atoms with Crippen LogP contribution in [0.3, 0.4) is 0 Å². The number of halogens is 2. The first-order valence-corrected chi connectivity index (χ1v) is 13.7. The molecule has 3 aromatic rings. The van der Waals surface area contributed by atoms with Crippen LogP contribution in [0.15, 0.2) is 54.7 Å². The predicted molar refractivity (Wildman–Crippen MR) is 137 cm³/mol. The molecule has 0 fully saturated rings. The summed E-state index contributed by atoms with van der Waals surface area (Å²) in [6.07, 6.45) is 6.70. The molecule has 2 aliphatic rings. The van der Waals surface area contributed by atoms with Crippen molar-refractivity contribution in [2.75, 3.05) is 30.8 Å². The molecule has 0 aliphatic carbocycles. The number of nitrogens with zero attached hydrogens (tertiary/aromatic N) is 2. The average molecular weight is 517 g/mol. The highest BCUT2D eigenvalue weighted by atomic mass is 35.5. The molecule has 2 N–H and O–H groups in total. The van der Waals surface area contributed by atoms with E-state index in [0.29, 0.717) is 23.7 Å². The van der Waals surface area contributed by atoms with Crippen LogP contribution in [0.1, 0.15) is 24.3 Å². The zero-order chi connectivity index (χ0) is 24.7. The molecule has 2 aliphatic heterocycles. The number of amides is 2. The van der Waals surface area contributed by atoms with Gasteiger partial charge in [-0.3, -0.25) is 4.90 Å². The molecule has 3 heterocycles. The van der Waals surface area contributed by atoms with Crippen LogP contribution in [0, 0.1) is 11.7 Å². The van der Waals surface area contributed by atoms with Crippen LogP contribution in [-0.2, 0) is 10.0 Å². The standard InChI is InChI=1S/C25H26ClFN4O3S/c1-35(33,34)29-25(32)31-15-18(21-13-20(27)6-7-23(21)31)3-2-17-14-28-10-8-22(17)30-11-9-16-4-5-19(26)12-24(16)30/h4-9,11-13,17-18,28H,2-3,10,14-15H2,1H3,(H,29,32). The number of urea groups is 1. The summed E-state index contributed by atoms with van der Waals surface area (Å²) in [5, 5.41) is 5.22. The van der Waals surface area contributed by atoms with Crippen molar-refractivity contribution in [1.29, 1.82) is 0 Å². The molecule has 2 unspecified atom stereocenters.